The van der Waals surface area contributed by atoms with Gasteiger partial charge < -0.3 is 15.2 Å². The van der Waals surface area contributed by atoms with Gasteiger partial charge in [-0.3, -0.25) is 14.9 Å². The van der Waals surface area contributed by atoms with Crippen molar-refractivity contribution in [2.45, 2.75) is 13.8 Å². The van der Waals surface area contributed by atoms with E-state index in [0.29, 0.717) is 22.1 Å². The molecule has 0 aliphatic heterocycles. The average Bonchev–Trinajstić information content (AvgIpc) is 2.84. The molecule has 0 unspecified atom stereocenters. The fourth-order valence-corrected chi connectivity index (χ4v) is 1.91. The number of hydrogen-bond acceptors (Lipinski definition) is 5. The zero-order valence-corrected chi connectivity index (χ0v) is 12.8. The second-order valence-electron chi connectivity index (χ2n) is 4.61. The lowest BCUT2D eigenvalue weighted by Crippen LogP contribution is -2.22. The fraction of sp³-hybridized carbons (Fsp3) is 0.214. The lowest BCUT2D eigenvalue weighted by molar-refractivity contribution is -0.115. The quantitative estimate of drug-likeness (QED) is 0.786. The van der Waals surface area contributed by atoms with Crippen molar-refractivity contribution < 1.29 is 14.1 Å². The molecule has 0 aliphatic carbocycles. The first kappa shape index (κ1) is 15.8. The summed E-state index contributed by atoms with van der Waals surface area (Å²) in [6.07, 6.45) is 0. The van der Waals surface area contributed by atoms with Crippen molar-refractivity contribution in [3.63, 3.8) is 0 Å². The molecule has 116 valence electrons. The summed E-state index contributed by atoms with van der Waals surface area (Å²) in [5, 5.41) is 12.3. The number of aryl methyl sites for hydroxylation is 1. The molecule has 1 aromatic heterocycles. The molecule has 0 radical (unpaired) electrons. The van der Waals surface area contributed by atoms with Gasteiger partial charge in [0.2, 0.25) is 17.7 Å². The highest BCUT2D eigenvalue weighted by Gasteiger charge is 2.09. The van der Waals surface area contributed by atoms with E-state index in [0.717, 1.165) is 0 Å². The highest BCUT2D eigenvalue weighted by Crippen LogP contribution is 2.25. The maximum atomic E-state index is 11.8. The molecule has 3 N–H and O–H groups in total. The summed E-state index contributed by atoms with van der Waals surface area (Å²) in [6.45, 7) is 3.13. The Labute approximate surface area is 132 Å². The largest absolute Gasteiger partial charge is 0.374 e. The van der Waals surface area contributed by atoms with Crippen LogP contribution in [-0.2, 0) is 9.59 Å². The normalized spacial score (nSPS) is 10.1. The van der Waals surface area contributed by atoms with E-state index in [-0.39, 0.29) is 24.2 Å². The van der Waals surface area contributed by atoms with Gasteiger partial charge in [-0.2, -0.15) is 0 Å². The van der Waals surface area contributed by atoms with Crippen molar-refractivity contribution in [1.82, 2.24) is 5.16 Å². The van der Waals surface area contributed by atoms with Crippen molar-refractivity contribution in [3.05, 3.63) is 35.0 Å². The summed E-state index contributed by atoms with van der Waals surface area (Å²) < 4.78 is 4.89. The van der Waals surface area contributed by atoms with Crippen LogP contribution in [0, 0.1) is 6.92 Å². The van der Waals surface area contributed by atoms with Gasteiger partial charge in [0.1, 0.15) is 0 Å². The number of aromatic nitrogens is 1. The Bertz CT molecular complexity index is 699. The molecule has 0 saturated carbocycles. The van der Waals surface area contributed by atoms with Crippen molar-refractivity contribution in [3.8, 4) is 0 Å². The number of halogens is 1. The van der Waals surface area contributed by atoms with E-state index in [1.54, 1.807) is 31.2 Å². The predicted octanol–water partition coefficient (Wildman–Crippen LogP) is 2.65. The molecule has 1 heterocycles. The summed E-state index contributed by atoms with van der Waals surface area (Å²) in [4.78, 5) is 23.0. The Morgan fingerprint density at radius 2 is 2.00 bits per heavy atom. The predicted molar refractivity (Wildman–Crippen MR) is 84.1 cm³/mol. The van der Waals surface area contributed by atoms with Crippen LogP contribution in [0.2, 0.25) is 5.02 Å². The van der Waals surface area contributed by atoms with Gasteiger partial charge in [-0.15, -0.1) is 0 Å². The van der Waals surface area contributed by atoms with Crippen LogP contribution in [0.25, 0.3) is 0 Å². The second-order valence-corrected chi connectivity index (χ2v) is 5.04. The summed E-state index contributed by atoms with van der Waals surface area (Å²) in [6, 6.07) is 6.54. The summed E-state index contributed by atoms with van der Waals surface area (Å²) in [7, 11) is 0. The van der Waals surface area contributed by atoms with E-state index >= 15 is 0 Å². The average molecular weight is 323 g/mol. The third kappa shape index (κ3) is 4.49. The van der Waals surface area contributed by atoms with Gasteiger partial charge in [-0.05, 0) is 25.1 Å². The van der Waals surface area contributed by atoms with Gasteiger partial charge in [0.15, 0.2) is 0 Å². The van der Waals surface area contributed by atoms with Gasteiger partial charge in [0, 0.05) is 18.0 Å². The van der Waals surface area contributed by atoms with Gasteiger partial charge in [0.25, 0.3) is 0 Å². The lowest BCUT2D eigenvalue weighted by atomic mass is 10.2. The molecule has 0 saturated heterocycles. The maximum absolute atomic E-state index is 11.8. The highest BCUT2D eigenvalue weighted by atomic mass is 35.5. The zero-order chi connectivity index (χ0) is 16.1. The van der Waals surface area contributed by atoms with Crippen LogP contribution >= 0.6 is 11.6 Å². The fourth-order valence-electron chi connectivity index (χ4n) is 1.74. The van der Waals surface area contributed by atoms with Crippen LogP contribution in [0.3, 0.4) is 0 Å². The van der Waals surface area contributed by atoms with E-state index in [2.05, 4.69) is 21.1 Å². The number of nitrogens with one attached hydrogen (secondary N) is 3. The van der Waals surface area contributed by atoms with Gasteiger partial charge in [0.05, 0.1) is 23.6 Å². The van der Waals surface area contributed by atoms with Crippen LogP contribution < -0.4 is 16.0 Å². The third-order valence-corrected chi connectivity index (χ3v) is 2.86. The molecule has 0 bridgehead atoms. The van der Waals surface area contributed by atoms with E-state index < -0.39 is 0 Å². The molecule has 22 heavy (non-hydrogen) atoms. The maximum Gasteiger partial charge on any atom is 0.246 e. The molecule has 0 spiro atoms. The van der Waals surface area contributed by atoms with Crippen LogP contribution in [0.5, 0.6) is 0 Å². The Kier molecular flexibility index (Phi) is 5.00. The smallest absolute Gasteiger partial charge is 0.246 e. The monoisotopic (exact) mass is 322 g/mol. The molecule has 2 amide bonds. The minimum absolute atomic E-state index is 0.0212. The number of benzene rings is 1. The number of anilines is 3. The van der Waals surface area contributed by atoms with Crippen LogP contribution in [0.1, 0.15) is 12.6 Å². The number of hydrogen-bond donors (Lipinski definition) is 3. The van der Waals surface area contributed by atoms with Crippen molar-refractivity contribution in [1.29, 1.82) is 0 Å². The van der Waals surface area contributed by atoms with E-state index in [9.17, 15) is 9.59 Å². The van der Waals surface area contributed by atoms with E-state index in [1.807, 2.05) is 0 Å². The van der Waals surface area contributed by atoms with E-state index in [1.165, 1.54) is 6.92 Å². The molecule has 8 heteroatoms. The molecule has 2 rings (SSSR count). The van der Waals surface area contributed by atoms with Crippen LogP contribution in [0.4, 0.5) is 17.3 Å². The molecular formula is C14H15ClN4O3. The Morgan fingerprint density at radius 1 is 1.23 bits per heavy atom. The first-order chi connectivity index (χ1) is 10.4. The second kappa shape index (κ2) is 6.95. The molecule has 0 aliphatic rings. The Balaban J connectivity index is 1.99. The summed E-state index contributed by atoms with van der Waals surface area (Å²) in [5.41, 5.74) is 1.76. The highest BCUT2D eigenvalue weighted by molar-refractivity contribution is 6.31. The molecule has 0 fully saturated rings. The number of amides is 2. The molecule has 2 aromatic rings. The van der Waals surface area contributed by atoms with Crippen molar-refractivity contribution >= 4 is 40.7 Å². The number of nitrogens with zero attached hydrogens (tertiary/aromatic N) is 1. The summed E-state index contributed by atoms with van der Waals surface area (Å²) in [5.74, 6) is -0.255. The first-order valence-corrected chi connectivity index (χ1v) is 6.86. The Morgan fingerprint density at radius 3 is 2.64 bits per heavy atom. The molecular weight excluding hydrogens is 308 g/mol. The first-order valence-electron chi connectivity index (χ1n) is 6.48. The van der Waals surface area contributed by atoms with Gasteiger partial charge in [-0.1, -0.05) is 16.8 Å². The number of carbonyl (C=O) groups excluding carboxylic acids is 2. The minimum atomic E-state index is -0.315. The number of carbonyl (C=O) groups is 2. The van der Waals surface area contributed by atoms with Crippen molar-refractivity contribution in [2.75, 3.05) is 22.5 Å². The standard InChI is InChI=1S/C14H15ClN4O3/c1-8-5-14(22-19-8)18-13(21)7-16-12-6-10(15)3-4-11(12)17-9(2)20/h3-6,16H,7H2,1-2H3,(H,17,20)(H,18,21). The lowest BCUT2D eigenvalue weighted by Gasteiger charge is -2.12. The van der Waals surface area contributed by atoms with Crippen LogP contribution in [0.15, 0.2) is 28.8 Å². The Hall–Kier alpha value is -2.54. The summed E-state index contributed by atoms with van der Waals surface area (Å²) >= 11 is 5.92. The minimum Gasteiger partial charge on any atom is -0.374 e. The van der Waals surface area contributed by atoms with Gasteiger partial charge >= 0.3 is 0 Å². The third-order valence-electron chi connectivity index (χ3n) is 2.62. The van der Waals surface area contributed by atoms with Crippen molar-refractivity contribution in [2.24, 2.45) is 0 Å². The topological polar surface area (TPSA) is 96.3 Å². The van der Waals surface area contributed by atoms with Gasteiger partial charge in [-0.25, -0.2) is 0 Å². The van der Waals surface area contributed by atoms with E-state index in [4.69, 9.17) is 16.1 Å². The number of rotatable bonds is 5. The molecule has 1 aromatic carbocycles. The van der Waals surface area contributed by atoms with Crippen LogP contribution in [-0.4, -0.2) is 23.5 Å². The molecule has 0 atom stereocenters. The molecule has 7 nitrogen and oxygen atoms in total. The SMILES string of the molecule is CC(=O)Nc1ccc(Cl)cc1NCC(=O)Nc1cc(C)no1. The zero-order valence-electron chi connectivity index (χ0n) is 12.1.